The van der Waals surface area contributed by atoms with Crippen molar-refractivity contribution in [1.82, 2.24) is 9.88 Å². The van der Waals surface area contributed by atoms with Crippen LogP contribution in [0.5, 0.6) is 0 Å². The molecule has 1 unspecified atom stereocenters. The van der Waals surface area contributed by atoms with E-state index in [1.54, 1.807) is 18.2 Å². The van der Waals surface area contributed by atoms with Gasteiger partial charge in [-0.2, -0.15) is 0 Å². The zero-order valence-electron chi connectivity index (χ0n) is 16.1. The molecular formula is C21H22N4O3S. The fraction of sp³-hybridized carbons (Fsp3) is 0.333. The molecule has 2 aliphatic carbocycles. The lowest BCUT2D eigenvalue weighted by Crippen LogP contribution is -2.34. The van der Waals surface area contributed by atoms with E-state index in [0.29, 0.717) is 11.3 Å². The quantitative estimate of drug-likeness (QED) is 0.607. The first-order valence-electron chi connectivity index (χ1n) is 9.87. The molecule has 0 radical (unpaired) electrons. The number of amides is 2. The van der Waals surface area contributed by atoms with E-state index >= 15 is 0 Å². The number of aryl methyl sites for hydroxylation is 3. The molecule has 0 spiro atoms. The van der Waals surface area contributed by atoms with E-state index < -0.39 is 17.2 Å². The standard InChI is InChI=1S/C21H22N4O3S/c1-12-18-11-15(8-9-19(18)28-23-12)24-29(27)25-21(26)22-20-16-6-2-4-13(16)10-14-5-3-7-17(14)20/h8-11,24H,2-7H2,1H3,(H2,22,25,26). The Kier molecular flexibility index (Phi) is 4.50. The summed E-state index contributed by atoms with van der Waals surface area (Å²) in [5, 5.41) is 7.74. The Balaban J connectivity index is 1.30. The van der Waals surface area contributed by atoms with Gasteiger partial charge in [0.25, 0.3) is 0 Å². The van der Waals surface area contributed by atoms with Crippen LogP contribution < -0.4 is 14.8 Å². The molecule has 1 aromatic heterocycles. The summed E-state index contributed by atoms with van der Waals surface area (Å²) in [5.74, 6) is 0. The Hall–Kier alpha value is -2.87. The van der Waals surface area contributed by atoms with Crippen molar-refractivity contribution in [2.24, 2.45) is 0 Å². The van der Waals surface area contributed by atoms with Crippen molar-refractivity contribution in [2.45, 2.75) is 45.4 Å². The number of carbonyl (C=O) groups excluding carboxylic acids is 1. The molecule has 7 nitrogen and oxygen atoms in total. The number of nitrogens with one attached hydrogen (secondary N) is 3. The molecule has 0 saturated heterocycles. The molecule has 0 aliphatic heterocycles. The van der Waals surface area contributed by atoms with Crippen LogP contribution in [-0.2, 0) is 36.9 Å². The summed E-state index contributed by atoms with van der Waals surface area (Å²) in [5.41, 5.74) is 8.15. The Morgan fingerprint density at radius 2 is 1.79 bits per heavy atom. The minimum absolute atomic E-state index is 0.465. The van der Waals surface area contributed by atoms with Gasteiger partial charge in [0.05, 0.1) is 5.69 Å². The van der Waals surface area contributed by atoms with Gasteiger partial charge in [0, 0.05) is 16.8 Å². The fourth-order valence-electron chi connectivity index (χ4n) is 4.45. The van der Waals surface area contributed by atoms with Crippen LogP contribution in [0.1, 0.15) is 40.8 Å². The summed E-state index contributed by atoms with van der Waals surface area (Å²) in [6, 6.07) is 7.14. The van der Waals surface area contributed by atoms with Gasteiger partial charge >= 0.3 is 6.03 Å². The maximum Gasteiger partial charge on any atom is 0.332 e. The smallest absolute Gasteiger partial charge is 0.332 e. The van der Waals surface area contributed by atoms with Gasteiger partial charge < -0.3 is 9.84 Å². The van der Waals surface area contributed by atoms with E-state index in [4.69, 9.17) is 4.52 Å². The van der Waals surface area contributed by atoms with Gasteiger partial charge in [-0.15, -0.1) is 0 Å². The molecule has 150 valence electrons. The third kappa shape index (κ3) is 3.37. The number of fused-ring (bicyclic) bond motifs is 3. The van der Waals surface area contributed by atoms with Crippen LogP contribution >= 0.6 is 0 Å². The number of anilines is 2. The molecule has 8 heteroatoms. The number of hydrogen-bond donors (Lipinski definition) is 3. The summed E-state index contributed by atoms with van der Waals surface area (Å²) < 4.78 is 22.9. The third-order valence-corrected chi connectivity index (χ3v) is 6.55. The molecule has 2 aromatic carbocycles. The van der Waals surface area contributed by atoms with Crippen molar-refractivity contribution in [3.63, 3.8) is 0 Å². The average molecular weight is 410 g/mol. The Bertz CT molecular complexity index is 1120. The predicted molar refractivity (Wildman–Crippen MR) is 113 cm³/mol. The van der Waals surface area contributed by atoms with Crippen molar-refractivity contribution < 1.29 is 13.5 Å². The SMILES string of the molecule is Cc1noc2ccc(NS(=O)NC(=O)Nc3c4c(cc5c3CCC5)CCC4)cc12. The van der Waals surface area contributed by atoms with E-state index in [9.17, 15) is 9.00 Å². The molecule has 2 aliphatic rings. The number of benzene rings is 2. The number of urea groups is 1. The molecule has 0 fully saturated rings. The van der Waals surface area contributed by atoms with E-state index in [1.165, 1.54) is 22.3 Å². The highest BCUT2D eigenvalue weighted by Gasteiger charge is 2.25. The van der Waals surface area contributed by atoms with Gasteiger partial charge in [-0.3, -0.25) is 4.72 Å². The topological polar surface area (TPSA) is 96.3 Å². The van der Waals surface area contributed by atoms with Crippen LogP contribution in [0, 0.1) is 6.92 Å². The Morgan fingerprint density at radius 3 is 2.52 bits per heavy atom. The molecule has 3 N–H and O–H groups in total. The van der Waals surface area contributed by atoms with Crippen LogP contribution in [0.2, 0.25) is 0 Å². The summed E-state index contributed by atoms with van der Waals surface area (Å²) in [6.45, 7) is 1.84. The number of aromatic nitrogens is 1. The molecule has 2 amide bonds. The largest absolute Gasteiger partial charge is 0.356 e. The molecule has 1 heterocycles. The van der Waals surface area contributed by atoms with E-state index in [0.717, 1.165) is 55.3 Å². The van der Waals surface area contributed by atoms with Crippen molar-refractivity contribution in [3.8, 4) is 0 Å². The first-order chi connectivity index (χ1) is 14.1. The molecule has 5 rings (SSSR count). The lowest BCUT2D eigenvalue weighted by atomic mass is 9.99. The predicted octanol–water partition coefficient (Wildman–Crippen LogP) is 3.93. The first kappa shape index (κ1) is 18.2. The summed E-state index contributed by atoms with van der Waals surface area (Å²) in [4.78, 5) is 12.6. The van der Waals surface area contributed by atoms with E-state index in [-0.39, 0.29) is 0 Å². The summed E-state index contributed by atoms with van der Waals surface area (Å²) in [7, 11) is 0. The first-order valence-corrected chi connectivity index (χ1v) is 11.0. The number of rotatable bonds is 4. The second-order valence-electron chi connectivity index (χ2n) is 7.64. The molecular weight excluding hydrogens is 388 g/mol. The minimum atomic E-state index is -1.77. The number of nitrogens with zero attached hydrogens (tertiary/aromatic N) is 1. The number of hydrogen-bond acceptors (Lipinski definition) is 4. The average Bonchev–Trinajstić information content (AvgIpc) is 3.42. The fourth-order valence-corrected chi connectivity index (χ4v) is 5.06. The van der Waals surface area contributed by atoms with Gasteiger partial charge in [0.1, 0.15) is 0 Å². The van der Waals surface area contributed by atoms with Gasteiger partial charge in [-0.25, -0.2) is 13.7 Å². The lowest BCUT2D eigenvalue weighted by Gasteiger charge is -2.16. The monoisotopic (exact) mass is 410 g/mol. The van der Waals surface area contributed by atoms with Crippen molar-refractivity contribution >= 4 is 39.5 Å². The Labute approximate surface area is 170 Å². The molecule has 1 atom stereocenters. The van der Waals surface area contributed by atoms with Crippen molar-refractivity contribution in [2.75, 3.05) is 10.0 Å². The minimum Gasteiger partial charge on any atom is -0.356 e. The molecule has 29 heavy (non-hydrogen) atoms. The summed E-state index contributed by atoms with van der Waals surface area (Å²) >= 11 is -1.77. The highest BCUT2D eigenvalue weighted by molar-refractivity contribution is 7.85. The van der Waals surface area contributed by atoms with Crippen LogP contribution in [0.25, 0.3) is 11.0 Å². The van der Waals surface area contributed by atoms with Gasteiger partial charge in [-0.05, 0) is 85.9 Å². The summed E-state index contributed by atoms with van der Waals surface area (Å²) in [6.07, 6.45) is 6.34. The molecule has 0 saturated carbocycles. The van der Waals surface area contributed by atoms with Gasteiger partial charge in [0.2, 0.25) is 11.2 Å². The third-order valence-electron chi connectivity index (χ3n) is 5.76. The lowest BCUT2D eigenvalue weighted by molar-refractivity contribution is 0.257. The molecule has 0 bridgehead atoms. The molecule has 3 aromatic rings. The number of carbonyl (C=O) groups is 1. The maximum absolute atomic E-state index is 12.6. The second-order valence-corrected chi connectivity index (χ2v) is 8.59. The zero-order chi connectivity index (χ0) is 20.0. The van der Waals surface area contributed by atoms with Crippen LogP contribution in [0.3, 0.4) is 0 Å². The maximum atomic E-state index is 12.6. The van der Waals surface area contributed by atoms with Crippen LogP contribution in [-0.4, -0.2) is 15.4 Å². The second kappa shape index (κ2) is 7.18. The van der Waals surface area contributed by atoms with Gasteiger partial charge in [-0.1, -0.05) is 11.2 Å². The van der Waals surface area contributed by atoms with E-state index in [2.05, 4.69) is 26.0 Å². The van der Waals surface area contributed by atoms with Crippen LogP contribution in [0.15, 0.2) is 28.8 Å². The van der Waals surface area contributed by atoms with E-state index in [1.807, 2.05) is 6.92 Å². The highest BCUT2D eigenvalue weighted by Crippen LogP contribution is 2.38. The Morgan fingerprint density at radius 1 is 1.07 bits per heavy atom. The van der Waals surface area contributed by atoms with Crippen molar-refractivity contribution in [3.05, 3.63) is 52.2 Å². The van der Waals surface area contributed by atoms with Crippen molar-refractivity contribution in [1.29, 1.82) is 0 Å². The van der Waals surface area contributed by atoms with Gasteiger partial charge in [0.15, 0.2) is 5.58 Å². The zero-order valence-corrected chi connectivity index (χ0v) is 16.9. The normalized spacial score (nSPS) is 15.8. The van der Waals surface area contributed by atoms with Crippen LogP contribution in [0.4, 0.5) is 16.2 Å². The highest BCUT2D eigenvalue weighted by atomic mass is 32.2.